The van der Waals surface area contributed by atoms with Crippen LogP contribution in [0, 0.1) is 0 Å². The molecule has 0 spiro atoms. The molecule has 0 unspecified atom stereocenters. The van der Waals surface area contributed by atoms with E-state index in [0.717, 1.165) is 19.3 Å². The van der Waals surface area contributed by atoms with Crippen LogP contribution in [0.4, 0.5) is 0 Å². The molecule has 96 valence electrons. The van der Waals surface area contributed by atoms with Gasteiger partial charge in [0.2, 0.25) is 0 Å². The van der Waals surface area contributed by atoms with Crippen molar-refractivity contribution in [2.24, 2.45) is 0 Å². The van der Waals surface area contributed by atoms with Gasteiger partial charge in [0.15, 0.2) is 0 Å². The number of hydrogen-bond donors (Lipinski definition) is 0. The average molecular weight is 253 g/mol. The lowest BCUT2D eigenvalue weighted by Gasteiger charge is -2.15. The zero-order valence-electron chi connectivity index (χ0n) is 10.6. The van der Waals surface area contributed by atoms with Crippen molar-refractivity contribution in [1.82, 2.24) is 4.90 Å². The molecule has 0 saturated carbocycles. The molecule has 0 radical (unpaired) electrons. The van der Waals surface area contributed by atoms with Gasteiger partial charge in [0, 0.05) is 6.54 Å². The Kier molecular flexibility index (Phi) is 3.03. The molecule has 0 saturated heterocycles. The summed E-state index contributed by atoms with van der Waals surface area (Å²) >= 11 is 0. The van der Waals surface area contributed by atoms with Gasteiger partial charge in [-0.05, 0) is 31.4 Å². The van der Waals surface area contributed by atoms with Crippen molar-refractivity contribution in [3.63, 3.8) is 0 Å². The number of nitrogens with zero attached hydrogens (tertiary/aromatic N) is 1. The fourth-order valence-electron chi connectivity index (χ4n) is 2.54. The molecule has 2 amide bonds. The van der Waals surface area contributed by atoms with E-state index in [-0.39, 0.29) is 11.8 Å². The Balaban J connectivity index is 1.74. The SMILES string of the molecule is O=C1c2ccccc2C(=O)N1CCC1=CCCC=C1. The fourth-order valence-corrected chi connectivity index (χ4v) is 2.54. The number of rotatable bonds is 3. The Morgan fingerprint density at radius 3 is 2.26 bits per heavy atom. The summed E-state index contributed by atoms with van der Waals surface area (Å²) in [6, 6.07) is 7.02. The standard InChI is InChI=1S/C16H15NO2/c18-15-13-8-4-5-9-14(13)16(19)17(15)11-10-12-6-2-1-3-7-12/h2,4-9H,1,3,10-11H2. The van der Waals surface area contributed by atoms with E-state index in [4.69, 9.17) is 0 Å². The molecule has 19 heavy (non-hydrogen) atoms. The summed E-state index contributed by atoms with van der Waals surface area (Å²) in [5, 5.41) is 0. The highest BCUT2D eigenvalue weighted by Crippen LogP contribution is 2.23. The lowest BCUT2D eigenvalue weighted by atomic mass is 10.0. The van der Waals surface area contributed by atoms with E-state index >= 15 is 0 Å². The van der Waals surface area contributed by atoms with Crippen molar-refractivity contribution in [3.8, 4) is 0 Å². The predicted molar refractivity (Wildman–Crippen MR) is 72.9 cm³/mol. The number of benzene rings is 1. The maximum atomic E-state index is 12.1. The molecule has 0 atom stereocenters. The topological polar surface area (TPSA) is 37.4 Å². The van der Waals surface area contributed by atoms with Gasteiger partial charge in [-0.25, -0.2) is 0 Å². The third-order valence-electron chi connectivity index (χ3n) is 3.57. The highest BCUT2D eigenvalue weighted by molar-refractivity contribution is 6.21. The van der Waals surface area contributed by atoms with E-state index in [9.17, 15) is 9.59 Å². The van der Waals surface area contributed by atoms with Crippen LogP contribution in [0.2, 0.25) is 0 Å². The zero-order valence-corrected chi connectivity index (χ0v) is 10.6. The van der Waals surface area contributed by atoms with Crippen molar-refractivity contribution in [1.29, 1.82) is 0 Å². The quantitative estimate of drug-likeness (QED) is 0.777. The highest BCUT2D eigenvalue weighted by atomic mass is 16.2. The molecule has 1 aliphatic heterocycles. The molecular formula is C16H15NO2. The van der Waals surface area contributed by atoms with Gasteiger partial charge in [-0.3, -0.25) is 14.5 Å². The highest BCUT2D eigenvalue weighted by Gasteiger charge is 2.34. The van der Waals surface area contributed by atoms with E-state index < -0.39 is 0 Å². The molecule has 1 aliphatic carbocycles. The summed E-state index contributed by atoms with van der Waals surface area (Å²) in [4.78, 5) is 25.7. The molecule has 3 nitrogen and oxygen atoms in total. The van der Waals surface area contributed by atoms with Crippen molar-refractivity contribution in [2.75, 3.05) is 6.54 Å². The lowest BCUT2D eigenvalue weighted by molar-refractivity contribution is 0.0656. The number of carbonyl (C=O) groups is 2. The molecule has 0 fully saturated rings. The first-order valence-electron chi connectivity index (χ1n) is 6.58. The molecule has 1 aromatic carbocycles. The van der Waals surface area contributed by atoms with Gasteiger partial charge in [-0.15, -0.1) is 0 Å². The number of fused-ring (bicyclic) bond motifs is 1. The summed E-state index contributed by atoms with van der Waals surface area (Å²) in [7, 11) is 0. The van der Waals surface area contributed by atoms with Crippen molar-refractivity contribution >= 4 is 11.8 Å². The normalized spacial score (nSPS) is 17.7. The van der Waals surface area contributed by atoms with Gasteiger partial charge in [0.05, 0.1) is 11.1 Å². The molecule has 2 aliphatic rings. The van der Waals surface area contributed by atoms with Crippen molar-refractivity contribution in [2.45, 2.75) is 19.3 Å². The minimum absolute atomic E-state index is 0.166. The molecule has 1 heterocycles. The minimum Gasteiger partial charge on any atom is -0.274 e. The van der Waals surface area contributed by atoms with E-state index in [1.165, 1.54) is 10.5 Å². The van der Waals surface area contributed by atoms with Crippen LogP contribution < -0.4 is 0 Å². The van der Waals surface area contributed by atoms with Crippen LogP contribution in [0.3, 0.4) is 0 Å². The van der Waals surface area contributed by atoms with Gasteiger partial charge >= 0.3 is 0 Å². The smallest absolute Gasteiger partial charge is 0.261 e. The Hall–Kier alpha value is -2.16. The number of hydrogen-bond acceptors (Lipinski definition) is 2. The van der Waals surface area contributed by atoms with Gasteiger partial charge in [0.25, 0.3) is 11.8 Å². The van der Waals surface area contributed by atoms with E-state index in [1.54, 1.807) is 24.3 Å². The minimum atomic E-state index is -0.166. The van der Waals surface area contributed by atoms with Gasteiger partial charge < -0.3 is 0 Å². The average Bonchev–Trinajstić information content (AvgIpc) is 2.71. The van der Waals surface area contributed by atoms with Crippen LogP contribution in [0.5, 0.6) is 0 Å². The van der Waals surface area contributed by atoms with E-state index in [2.05, 4.69) is 18.2 Å². The molecule has 0 aromatic heterocycles. The van der Waals surface area contributed by atoms with Crippen molar-refractivity contribution < 1.29 is 9.59 Å². The van der Waals surface area contributed by atoms with Crippen LogP contribution in [0.15, 0.2) is 48.1 Å². The molecular weight excluding hydrogens is 238 g/mol. The Morgan fingerprint density at radius 1 is 1.00 bits per heavy atom. The summed E-state index contributed by atoms with van der Waals surface area (Å²) in [5.41, 5.74) is 2.27. The molecule has 3 rings (SSSR count). The summed E-state index contributed by atoms with van der Waals surface area (Å²) in [6.07, 6.45) is 9.27. The first-order chi connectivity index (χ1) is 9.27. The van der Waals surface area contributed by atoms with Crippen LogP contribution in [0.25, 0.3) is 0 Å². The second-order valence-corrected chi connectivity index (χ2v) is 4.82. The Labute approximate surface area is 112 Å². The second kappa shape index (κ2) is 4.84. The second-order valence-electron chi connectivity index (χ2n) is 4.82. The third kappa shape index (κ3) is 2.12. The fraction of sp³-hybridized carbons (Fsp3) is 0.250. The summed E-state index contributed by atoms with van der Waals surface area (Å²) < 4.78 is 0. The van der Waals surface area contributed by atoms with Gasteiger partial charge in [0.1, 0.15) is 0 Å². The van der Waals surface area contributed by atoms with Crippen LogP contribution in [0.1, 0.15) is 40.0 Å². The molecule has 3 heteroatoms. The third-order valence-corrected chi connectivity index (χ3v) is 3.57. The van der Waals surface area contributed by atoms with Crippen molar-refractivity contribution in [3.05, 3.63) is 59.2 Å². The zero-order chi connectivity index (χ0) is 13.2. The number of allylic oxidation sites excluding steroid dienone is 3. The summed E-state index contributed by atoms with van der Waals surface area (Å²) in [5.74, 6) is -0.332. The first kappa shape index (κ1) is 11.9. The largest absolute Gasteiger partial charge is 0.274 e. The Morgan fingerprint density at radius 2 is 1.68 bits per heavy atom. The molecule has 1 aromatic rings. The lowest BCUT2D eigenvalue weighted by Crippen LogP contribution is -2.30. The number of carbonyl (C=O) groups excluding carboxylic acids is 2. The number of amides is 2. The maximum Gasteiger partial charge on any atom is 0.261 e. The van der Waals surface area contributed by atoms with Gasteiger partial charge in [-0.1, -0.05) is 35.9 Å². The Bertz CT molecular complexity index is 564. The van der Waals surface area contributed by atoms with Crippen LogP contribution >= 0.6 is 0 Å². The van der Waals surface area contributed by atoms with Crippen LogP contribution in [-0.4, -0.2) is 23.3 Å². The first-order valence-corrected chi connectivity index (χ1v) is 6.58. The van der Waals surface area contributed by atoms with Gasteiger partial charge in [-0.2, -0.15) is 0 Å². The van der Waals surface area contributed by atoms with E-state index in [0.29, 0.717) is 17.7 Å². The molecule has 0 N–H and O–H groups in total. The monoisotopic (exact) mass is 253 g/mol. The predicted octanol–water partition coefficient (Wildman–Crippen LogP) is 2.95. The van der Waals surface area contributed by atoms with E-state index in [1.807, 2.05) is 0 Å². The summed E-state index contributed by atoms with van der Waals surface area (Å²) in [6.45, 7) is 0.461. The number of imide groups is 1. The molecule has 0 bridgehead atoms. The van der Waals surface area contributed by atoms with Crippen LogP contribution in [-0.2, 0) is 0 Å². The maximum absolute atomic E-state index is 12.1.